The number of piperidine rings is 1. The van der Waals surface area contributed by atoms with Crippen LogP contribution in [-0.2, 0) is 4.79 Å². The van der Waals surface area contributed by atoms with Crippen LogP contribution in [0.5, 0.6) is 0 Å². The van der Waals surface area contributed by atoms with Crippen LogP contribution in [0.15, 0.2) is 18.2 Å². The number of nitro benzene ring substituents is 1. The number of hydrogen-bond acceptors (Lipinski definition) is 5. The van der Waals surface area contributed by atoms with E-state index in [4.69, 9.17) is 5.26 Å². The average molecular weight is 289 g/mol. The van der Waals surface area contributed by atoms with Gasteiger partial charge < -0.3 is 10.0 Å². The molecule has 2 atom stereocenters. The lowest BCUT2D eigenvalue weighted by Crippen LogP contribution is -2.47. The molecule has 1 aromatic carbocycles. The molecule has 7 heteroatoms. The molecule has 0 radical (unpaired) electrons. The summed E-state index contributed by atoms with van der Waals surface area (Å²) in [4.78, 5) is 23.4. The lowest BCUT2D eigenvalue weighted by Gasteiger charge is -2.37. The summed E-state index contributed by atoms with van der Waals surface area (Å²) in [7, 11) is 0. The third kappa shape index (κ3) is 2.94. The van der Waals surface area contributed by atoms with Crippen molar-refractivity contribution in [2.45, 2.75) is 25.8 Å². The Hall–Kier alpha value is -2.62. The number of carboxylic acids is 1. The lowest BCUT2D eigenvalue weighted by atomic mass is 9.92. The van der Waals surface area contributed by atoms with Crippen molar-refractivity contribution in [3.8, 4) is 6.07 Å². The van der Waals surface area contributed by atoms with E-state index in [-0.39, 0.29) is 11.3 Å². The summed E-state index contributed by atoms with van der Waals surface area (Å²) < 4.78 is 0. The molecule has 0 aromatic heterocycles. The maximum Gasteiger partial charge on any atom is 0.326 e. The van der Waals surface area contributed by atoms with Gasteiger partial charge in [-0.25, -0.2) is 4.79 Å². The molecule has 1 fully saturated rings. The first-order valence-electron chi connectivity index (χ1n) is 6.62. The fourth-order valence-corrected chi connectivity index (χ4v) is 2.63. The number of benzene rings is 1. The number of aliphatic carboxylic acids is 1. The van der Waals surface area contributed by atoms with E-state index in [1.165, 1.54) is 12.1 Å². The first-order chi connectivity index (χ1) is 9.93. The highest BCUT2D eigenvalue weighted by atomic mass is 16.6. The zero-order valence-corrected chi connectivity index (χ0v) is 11.5. The van der Waals surface area contributed by atoms with Gasteiger partial charge in [-0.3, -0.25) is 10.1 Å². The summed E-state index contributed by atoms with van der Waals surface area (Å²) in [6.45, 7) is 2.52. The predicted octanol–water partition coefficient (Wildman–Crippen LogP) is 2.16. The third-order valence-electron chi connectivity index (χ3n) is 3.78. The van der Waals surface area contributed by atoms with Crippen LogP contribution in [0.4, 0.5) is 11.4 Å². The minimum absolute atomic E-state index is 0.0268. The first-order valence-corrected chi connectivity index (χ1v) is 6.62. The highest BCUT2D eigenvalue weighted by Crippen LogP contribution is 2.31. The van der Waals surface area contributed by atoms with Crippen LogP contribution in [-0.4, -0.2) is 28.6 Å². The molecule has 1 aliphatic heterocycles. The van der Waals surface area contributed by atoms with Crippen LogP contribution in [0.2, 0.25) is 0 Å². The van der Waals surface area contributed by atoms with E-state index in [0.29, 0.717) is 24.6 Å². The monoisotopic (exact) mass is 289 g/mol. The van der Waals surface area contributed by atoms with E-state index in [1.807, 2.05) is 6.92 Å². The number of carboxylic acid groups (broad SMARTS) is 1. The van der Waals surface area contributed by atoms with Crippen LogP contribution in [0.1, 0.15) is 25.3 Å². The van der Waals surface area contributed by atoms with Gasteiger partial charge in [0.05, 0.1) is 4.92 Å². The number of anilines is 1. The summed E-state index contributed by atoms with van der Waals surface area (Å²) in [6.07, 6.45) is 1.33. The third-order valence-corrected chi connectivity index (χ3v) is 3.78. The van der Waals surface area contributed by atoms with Crippen LogP contribution >= 0.6 is 0 Å². The molecule has 2 rings (SSSR count). The van der Waals surface area contributed by atoms with Gasteiger partial charge in [-0.1, -0.05) is 6.92 Å². The van der Waals surface area contributed by atoms with Gasteiger partial charge in [0.1, 0.15) is 17.7 Å². The molecule has 0 saturated carbocycles. The fraction of sp³-hybridized carbons (Fsp3) is 0.429. The molecule has 0 aliphatic carbocycles. The maximum absolute atomic E-state index is 11.4. The van der Waals surface area contributed by atoms with Crippen molar-refractivity contribution in [1.29, 1.82) is 5.26 Å². The van der Waals surface area contributed by atoms with Crippen LogP contribution < -0.4 is 4.90 Å². The Bertz CT molecular complexity index is 623. The second-order valence-electron chi connectivity index (χ2n) is 5.25. The standard InChI is InChI=1S/C14H15N3O4/c1-9-4-5-16(13(6-9)14(18)19)11-3-2-10(8-15)12(7-11)17(20)21/h2-3,7,9,13H,4-6H2,1H3,(H,18,19). The molecule has 7 nitrogen and oxygen atoms in total. The number of rotatable bonds is 3. The number of nitriles is 1. The zero-order valence-electron chi connectivity index (χ0n) is 11.5. The second-order valence-corrected chi connectivity index (χ2v) is 5.25. The number of carbonyl (C=O) groups is 1. The fourth-order valence-electron chi connectivity index (χ4n) is 2.63. The van der Waals surface area contributed by atoms with Gasteiger partial charge in [-0.15, -0.1) is 0 Å². The molecule has 1 heterocycles. The Balaban J connectivity index is 2.41. The van der Waals surface area contributed by atoms with Gasteiger partial charge in [0, 0.05) is 18.3 Å². The van der Waals surface area contributed by atoms with E-state index in [1.54, 1.807) is 17.0 Å². The molecule has 1 N–H and O–H groups in total. The molecule has 2 unspecified atom stereocenters. The molecule has 0 amide bonds. The van der Waals surface area contributed by atoms with Gasteiger partial charge in [0.25, 0.3) is 5.69 Å². The van der Waals surface area contributed by atoms with Gasteiger partial charge in [-0.2, -0.15) is 5.26 Å². The summed E-state index contributed by atoms with van der Waals surface area (Å²) in [5, 5.41) is 29.2. The maximum atomic E-state index is 11.4. The molecule has 110 valence electrons. The topological polar surface area (TPSA) is 107 Å². The van der Waals surface area contributed by atoms with Crippen molar-refractivity contribution in [2.24, 2.45) is 5.92 Å². The lowest BCUT2D eigenvalue weighted by molar-refractivity contribution is -0.385. The normalized spacial score (nSPS) is 21.6. The summed E-state index contributed by atoms with van der Waals surface area (Å²) in [6, 6.07) is 5.29. The van der Waals surface area contributed by atoms with Crippen LogP contribution in [0.3, 0.4) is 0 Å². The van der Waals surface area contributed by atoms with Crippen molar-refractivity contribution in [3.63, 3.8) is 0 Å². The Labute approximate surface area is 121 Å². The van der Waals surface area contributed by atoms with Crippen molar-refractivity contribution in [2.75, 3.05) is 11.4 Å². The summed E-state index contributed by atoms with van der Waals surface area (Å²) >= 11 is 0. The van der Waals surface area contributed by atoms with Crippen molar-refractivity contribution in [3.05, 3.63) is 33.9 Å². The molecule has 1 aromatic rings. The van der Waals surface area contributed by atoms with Gasteiger partial charge >= 0.3 is 5.97 Å². The number of hydrogen-bond donors (Lipinski definition) is 1. The minimum Gasteiger partial charge on any atom is -0.480 e. The molecule has 0 spiro atoms. The van der Waals surface area contributed by atoms with Crippen molar-refractivity contribution < 1.29 is 14.8 Å². The predicted molar refractivity (Wildman–Crippen MR) is 75.0 cm³/mol. The van der Waals surface area contributed by atoms with Gasteiger partial charge in [0.2, 0.25) is 0 Å². The number of nitro groups is 1. The Morgan fingerprint density at radius 2 is 2.29 bits per heavy atom. The second kappa shape index (κ2) is 5.79. The van der Waals surface area contributed by atoms with Gasteiger partial charge in [-0.05, 0) is 30.9 Å². The molecule has 1 saturated heterocycles. The Kier molecular flexibility index (Phi) is 4.08. The molecular weight excluding hydrogens is 274 g/mol. The summed E-state index contributed by atoms with van der Waals surface area (Å²) in [5.41, 5.74) is 0.152. The number of nitrogens with zero attached hydrogens (tertiary/aromatic N) is 3. The SMILES string of the molecule is CC1CCN(c2ccc(C#N)c([N+](=O)[O-])c2)C(C(=O)O)C1. The Morgan fingerprint density at radius 3 is 2.86 bits per heavy atom. The molecule has 1 aliphatic rings. The minimum atomic E-state index is -0.937. The van der Waals surface area contributed by atoms with Crippen molar-refractivity contribution in [1.82, 2.24) is 0 Å². The van der Waals surface area contributed by atoms with E-state index >= 15 is 0 Å². The van der Waals surface area contributed by atoms with Crippen LogP contribution in [0, 0.1) is 27.4 Å². The smallest absolute Gasteiger partial charge is 0.326 e. The summed E-state index contributed by atoms with van der Waals surface area (Å²) in [5.74, 6) is -0.635. The van der Waals surface area contributed by atoms with E-state index < -0.39 is 16.9 Å². The van der Waals surface area contributed by atoms with Gasteiger partial charge in [0.15, 0.2) is 0 Å². The highest BCUT2D eigenvalue weighted by Gasteiger charge is 2.32. The van der Waals surface area contributed by atoms with E-state index in [9.17, 15) is 20.0 Å². The first kappa shape index (κ1) is 14.8. The molecule has 0 bridgehead atoms. The van der Waals surface area contributed by atoms with E-state index in [0.717, 1.165) is 6.42 Å². The average Bonchev–Trinajstić information content (AvgIpc) is 2.46. The largest absolute Gasteiger partial charge is 0.480 e. The van der Waals surface area contributed by atoms with E-state index in [2.05, 4.69) is 0 Å². The van der Waals surface area contributed by atoms with Crippen LogP contribution in [0.25, 0.3) is 0 Å². The zero-order chi connectivity index (χ0) is 15.6. The quantitative estimate of drug-likeness (QED) is 0.674. The Morgan fingerprint density at radius 1 is 1.57 bits per heavy atom. The van der Waals surface area contributed by atoms with Crippen molar-refractivity contribution >= 4 is 17.3 Å². The highest BCUT2D eigenvalue weighted by molar-refractivity contribution is 5.79. The molecular formula is C14H15N3O4. The molecule has 21 heavy (non-hydrogen) atoms.